The summed E-state index contributed by atoms with van der Waals surface area (Å²) in [6.45, 7) is 0.343. The van der Waals surface area contributed by atoms with Crippen molar-refractivity contribution in [1.29, 1.82) is 0 Å². The predicted octanol–water partition coefficient (Wildman–Crippen LogP) is 2.75. The van der Waals surface area contributed by atoms with Crippen LogP contribution < -0.4 is 10.5 Å². The second-order valence-corrected chi connectivity index (χ2v) is 3.71. The van der Waals surface area contributed by atoms with E-state index >= 15 is 0 Å². The van der Waals surface area contributed by atoms with Crippen molar-refractivity contribution in [2.45, 2.75) is 12.7 Å². The summed E-state index contributed by atoms with van der Waals surface area (Å²) in [6, 6.07) is 8.80. The van der Waals surface area contributed by atoms with Gasteiger partial charge in [0, 0.05) is 12.6 Å². The third-order valence-corrected chi connectivity index (χ3v) is 2.29. The molecule has 19 heavy (non-hydrogen) atoms. The Kier molecular flexibility index (Phi) is 3.66. The van der Waals surface area contributed by atoms with Gasteiger partial charge < -0.3 is 10.5 Å². The number of nitrogens with zero attached hydrogens (tertiary/aromatic N) is 2. The first-order valence-electron chi connectivity index (χ1n) is 5.37. The lowest BCUT2D eigenvalue weighted by molar-refractivity contribution is -0.141. The van der Waals surface area contributed by atoms with Gasteiger partial charge in [-0.25, -0.2) is 0 Å². The van der Waals surface area contributed by atoms with Crippen molar-refractivity contribution in [3.05, 3.63) is 47.7 Å². The summed E-state index contributed by atoms with van der Waals surface area (Å²) >= 11 is 0. The van der Waals surface area contributed by atoms with Gasteiger partial charge in [0.2, 0.25) is 5.88 Å². The standard InChI is InChI=1S/C12H10F3N3O/c13-12(14,15)10-4-5-11(18-17-10)19-9-3-1-2-8(6-9)7-16/h1-6H,7,16H2. The first-order chi connectivity index (χ1) is 8.99. The quantitative estimate of drug-likeness (QED) is 0.930. The lowest BCUT2D eigenvalue weighted by Gasteiger charge is -2.07. The van der Waals surface area contributed by atoms with E-state index in [2.05, 4.69) is 10.2 Å². The fourth-order valence-electron chi connectivity index (χ4n) is 1.38. The number of benzene rings is 1. The van der Waals surface area contributed by atoms with Crippen LogP contribution in [-0.4, -0.2) is 10.2 Å². The van der Waals surface area contributed by atoms with E-state index in [1.807, 2.05) is 6.07 Å². The van der Waals surface area contributed by atoms with Crippen LogP contribution in [0.3, 0.4) is 0 Å². The van der Waals surface area contributed by atoms with E-state index in [0.717, 1.165) is 17.7 Å². The Morgan fingerprint density at radius 2 is 1.89 bits per heavy atom. The van der Waals surface area contributed by atoms with Gasteiger partial charge in [-0.15, -0.1) is 10.2 Å². The molecule has 0 atom stereocenters. The summed E-state index contributed by atoms with van der Waals surface area (Å²) < 4.78 is 42.2. The molecule has 0 aliphatic carbocycles. The molecule has 2 rings (SSSR count). The van der Waals surface area contributed by atoms with Crippen molar-refractivity contribution >= 4 is 0 Å². The molecule has 2 aromatic rings. The molecule has 7 heteroatoms. The zero-order chi connectivity index (χ0) is 13.9. The highest BCUT2D eigenvalue weighted by Gasteiger charge is 2.32. The molecule has 4 nitrogen and oxygen atoms in total. The maximum Gasteiger partial charge on any atom is 0.435 e. The number of rotatable bonds is 3. The lowest BCUT2D eigenvalue weighted by atomic mass is 10.2. The van der Waals surface area contributed by atoms with Crippen LogP contribution in [0.4, 0.5) is 13.2 Å². The normalized spacial score (nSPS) is 11.4. The molecule has 0 fully saturated rings. The van der Waals surface area contributed by atoms with Gasteiger partial charge in [-0.3, -0.25) is 0 Å². The van der Waals surface area contributed by atoms with Gasteiger partial charge in [0.05, 0.1) is 0 Å². The first kappa shape index (κ1) is 13.3. The van der Waals surface area contributed by atoms with Crippen molar-refractivity contribution in [1.82, 2.24) is 10.2 Å². The molecule has 1 aromatic heterocycles. The largest absolute Gasteiger partial charge is 0.438 e. The molecule has 0 radical (unpaired) electrons. The SMILES string of the molecule is NCc1cccc(Oc2ccc(C(F)(F)F)nn2)c1. The maximum atomic E-state index is 12.3. The minimum absolute atomic E-state index is 0.0119. The average Bonchev–Trinajstić information content (AvgIpc) is 2.38. The van der Waals surface area contributed by atoms with Gasteiger partial charge in [-0.1, -0.05) is 12.1 Å². The molecule has 0 aliphatic heterocycles. The summed E-state index contributed by atoms with van der Waals surface area (Å²) in [7, 11) is 0. The van der Waals surface area contributed by atoms with Gasteiger partial charge in [0.25, 0.3) is 0 Å². The zero-order valence-corrected chi connectivity index (χ0v) is 9.69. The van der Waals surface area contributed by atoms with Crippen LogP contribution in [0.15, 0.2) is 36.4 Å². The third-order valence-electron chi connectivity index (χ3n) is 2.29. The summed E-state index contributed by atoms with van der Waals surface area (Å²) in [5, 5.41) is 6.44. The Labute approximate surface area is 107 Å². The van der Waals surface area contributed by atoms with Crippen LogP contribution >= 0.6 is 0 Å². The van der Waals surface area contributed by atoms with Gasteiger partial charge >= 0.3 is 6.18 Å². The van der Waals surface area contributed by atoms with E-state index in [1.165, 1.54) is 0 Å². The molecule has 100 valence electrons. The Morgan fingerprint density at radius 1 is 1.11 bits per heavy atom. The van der Waals surface area contributed by atoms with Crippen molar-refractivity contribution < 1.29 is 17.9 Å². The van der Waals surface area contributed by atoms with Gasteiger partial charge in [-0.2, -0.15) is 13.2 Å². The second-order valence-electron chi connectivity index (χ2n) is 3.71. The van der Waals surface area contributed by atoms with Crippen LogP contribution in [0.25, 0.3) is 0 Å². The van der Waals surface area contributed by atoms with Gasteiger partial charge in [0.1, 0.15) is 5.75 Å². The monoisotopic (exact) mass is 269 g/mol. The molecule has 0 amide bonds. The molecule has 2 N–H and O–H groups in total. The van der Waals surface area contributed by atoms with E-state index in [1.54, 1.807) is 18.2 Å². The number of aromatic nitrogens is 2. The van der Waals surface area contributed by atoms with Crippen LogP contribution in [-0.2, 0) is 12.7 Å². The zero-order valence-electron chi connectivity index (χ0n) is 9.69. The summed E-state index contributed by atoms with van der Waals surface area (Å²) in [4.78, 5) is 0. The number of hydrogen-bond donors (Lipinski definition) is 1. The average molecular weight is 269 g/mol. The number of ether oxygens (including phenoxy) is 1. The highest BCUT2D eigenvalue weighted by Crippen LogP contribution is 2.28. The smallest absolute Gasteiger partial charge is 0.435 e. The minimum atomic E-state index is -4.51. The number of halogens is 3. The molecule has 0 aliphatic rings. The topological polar surface area (TPSA) is 61.0 Å². The van der Waals surface area contributed by atoms with Crippen molar-refractivity contribution in [3.8, 4) is 11.6 Å². The molecule has 0 saturated heterocycles. The summed E-state index contributed by atoms with van der Waals surface area (Å²) in [5.74, 6) is 0.430. The molecule has 1 heterocycles. The third kappa shape index (κ3) is 3.41. The first-order valence-corrected chi connectivity index (χ1v) is 5.37. The Hall–Kier alpha value is -2.15. The fourth-order valence-corrected chi connectivity index (χ4v) is 1.38. The van der Waals surface area contributed by atoms with Crippen LogP contribution in [0, 0.1) is 0 Å². The van der Waals surface area contributed by atoms with Crippen molar-refractivity contribution in [3.63, 3.8) is 0 Å². The molecule has 0 saturated carbocycles. The van der Waals surface area contributed by atoms with Crippen molar-refractivity contribution in [2.24, 2.45) is 5.73 Å². The summed E-state index contributed by atoms with van der Waals surface area (Å²) in [6.07, 6.45) is -4.51. The highest BCUT2D eigenvalue weighted by molar-refractivity contribution is 5.31. The summed E-state index contributed by atoms with van der Waals surface area (Å²) in [5.41, 5.74) is 5.26. The van der Waals surface area contributed by atoms with E-state index in [9.17, 15) is 13.2 Å². The molecular weight excluding hydrogens is 259 g/mol. The Morgan fingerprint density at radius 3 is 2.47 bits per heavy atom. The molecule has 0 bridgehead atoms. The lowest BCUT2D eigenvalue weighted by Crippen LogP contribution is -2.08. The number of hydrogen-bond acceptors (Lipinski definition) is 4. The van der Waals surface area contributed by atoms with Crippen molar-refractivity contribution in [2.75, 3.05) is 0 Å². The number of nitrogens with two attached hydrogens (primary N) is 1. The maximum absolute atomic E-state index is 12.3. The van der Waals surface area contributed by atoms with E-state index in [4.69, 9.17) is 10.5 Å². The molecular formula is C12H10F3N3O. The Bertz CT molecular complexity index is 555. The van der Waals surface area contributed by atoms with Crippen LogP contribution in [0.1, 0.15) is 11.3 Å². The Balaban J connectivity index is 2.15. The molecule has 0 spiro atoms. The second kappa shape index (κ2) is 5.23. The minimum Gasteiger partial charge on any atom is -0.438 e. The molecule has 1 aromatic carbocycles. The van der Waals surface area contributed by atoms with Crippen LogP contribution in [0.5, 0.6) is 11.6 Å². The fraction of sp³-hybridized carbons (Fsp3) is 0.167. The highest BCUT2D eigenvalue weighted by atomic mass is 19.4. The van der Waals surface area contributed by atoms with Gasteiger partial charge in [0.15, 0.2) is 5.69 Å². The predicted molar refractivity (Wildman–Crippen MR) is 61.4 cm³/mol. The van der Waals surface area contributed by atoms with E-state index in [-0.39, 0.29) is 5.88 Å². The van der Waals surface area contributed by atoms with E-state index < -0.39 is 11.9 Å². The molecule has 0 unspecified atom stereocenters. The van der Waals surface area contributed by atoms with Gasteiger partial charge in [-0.05, 0) is 23.8 Å². The van der Waals surface area contributed by atoms with E-state index in [0.29, 0.717) is 12.3 Å². The van der Waals surface area contributed by atoms with Crippen LogP contribution in [0.2, 0.25) is 0 Å². The number of alkyl halides is 3.